The first-order chi connectivity index (χ1) is 8.36. The Bertz CT molecular complexity index is 497. The highest BCUT2D eigenvalue weighted by Crippen LogP contribution is 2.28. The molecule has 0 atom stereocenters. The molecule has 90 valence electrons. The number of nitrogens with zero attached hydrogens (tertiary/aromatic N) is 1. The van der Waals surface area contributed by atoms with Crippen molar-refractivity contribution in [2.75, 3.05) is 13.7 Å². The summed E-state index contributed by atoms with van der Waals surface area (Å²) >= 11 is 0. The smallest absolute Gasteiger partial charge is 0.128 e. The standard InChI is InChI=1S/C14H18N2O/c1-17-14-6-5-11(4-2-3-8-15)12-7-9-16-10-13(12)14/h5-7,9-10H,2-4,8,15H2,1H3. The Morgan fingerprint density at radius 2 is 2.06 bits per heavy atom. The summed E-state index contributed by atoms with van der Waals surface area (Å²) in [5.41, 5.74) is 6.87. The van der Waals surface area contributed by atoms with Crippen LogP contribution >= 0.6 is 0 Å². The van der Waals surface area contributed by atoms with Crippen LogP contribution in [0.5, 0.6) is 5.75 Å². The van der Waals surface area contributed by atoms with E-state index in [9.17, 15) is 0 Å². The molecule has 1 heterocycles. The summed E-state index contributed by atoms with van der Waals surface area (Å²) in [6, 6.07) is 6.20. The highest BCUT2D eigenvalue weighted by molar-refractivity contribution is 5.90. The monoisotopic (exact) mass is 230 g/mol. The Labute approximate surface area is 102 Å². The third-order valence-corrected chi connectivity index (χ3v) is 2.99. The van der Waals surface area contributed by atoms with E-state index in [0.29, 0.717) is 0 Å². The van der Waals surface area contributed by atoms with Crippen LogP contribution in [-0.4, -0.2) is 18.6 Å². The maximum absolute atomic E-state index is 5.52. The molecular formula is C14H18N2O. The van der Waals surface area contributed by atoms with Crippen LogP contribution in [0, 0.1) is 0 Å². The fraction of sp³-hybridized carbons (Fsp3) is 0.357. The number of aromatic nitrogens is 1. The zero-order valence-electron chi connectivity index (χ0n) is 10.1. The first-order valence-corrected chi connectivity index (χ1v) is 5.96. The zero-order chi connectivity index (χ0) is 12.1. The van der Waals surface area contributed by atoms with E-state index in [2.05, 4.69) is 17.1 Å². The highest BCUT2D eigenvalue weighted by atomic mass is 16.5. The maximum Gasteiger partial charge on any atom is 0.128 e. The van der Waals surface area contributed by atoms with E-state index in [0.717, 1.165) is 36.9 Å². The van der Waals surface area contributed by atoms with Crippen LogP contribution in [0.1, 0.15) is 18.4 Å². The van der Waals surface area contributed by atoms with Gasteiger partial charge in [0.05, 0.1) is 7.11 Å². The number of nitrogens with two attached hydrogens (primary N) is 1. The summed E-state index contributed by atoms with van der Waals surface area (Å²) in [6.07, 6.45) is 6.94. The van der Waals surface area contributed by atoms with Crippen molar-refractivity contribution in [3.8, 4) is 5.75 Å². The molecule has 0 aliphatic rings. The van der Waals surface area contributed by atoms with Gasteiger partial charge in [-0.25, -0.2) is 0 Å². The molecule has 17 heavy (non-hydrogen) atoms. The number of methoxy groups -OCH3 is 1. The number of aryl methyl sites for hydroxylation is 1. The molecule has 0 spiro atoms. The zero-order valence-corrected chi connectivity index (χ0v) is 10.1. The Morgan fingerprint density at radius 1 is 1.18 bits per heavy atom. The lowest BCUT2D eigenvalue weighted by Crippen LogP contribution is -1.99. The van der Waals surface area contributed by atoms with Gasteiger partial charge in [0.25, 0.3) is 0 Å². The van der Waals surface area contributed by atoms with Gasteiger partial charge in [-0.1, -0.05) is 6.07 Å². The molecule has 0 aliphatic carbocycles. The Morgan fingerprint density at radius 3 is 2.82 bits per heavy atom. The van der Waals surface area contributed by atoms with Gasteiger partial charge in [0, 0.05) is 17.8 Å². The molecule has 3 heteroatoms. The van der Waals surface area contributed by atoms with Crippen molar-refractivity contribution in [1.82, 2.24) is 4.98 Å². The molecule has 3 nitrogen and oxygen atoms in total. The minimum absolute atomic E-state index is 0.760. The fourth-order valence-corrected chi connectivity index (χ4v) is 2.08. The normalized spacial score (nSPS) is 10.7. The van der Waals surface area contributed by atoms with E-state index in [1.54, 1.807) is 7.11 Å². The van der Waals surface area contributed by atoms with Gasteiger partial charge in [-0.2, -0.15) is 0 Å². The van der Waals surface area contributed by atoms with E-state index in [1.807, 2.05) is 18.5 Å². The summed E-state index contributed by atoms with van der Waals surface area (Å²) in [5, 5.41) is 2.32. The molecule has 1 aromatic carbocycles. The van der Waals surface area contributed by atoms with Crippen LogP contribution in [0.3, 0.4) is 0 Å². The molecule has 2 N–H and O–H groups in total. The van der Waals surface area contributed by atoms with Gasteiger partial charge < -0.3 is 10.5 Å². The number of ether oxygens (including phenoxy) is 1. The minimum Gasteiger partial charge on any atom is -0.496 e. The number of rotatable bonds is 5. The highest BCUT2D eigenvalue weighted by Gasteiger charge is 2.05. The van der Waals surface area contributed by atoms with Crippen molar-refractivity contribution in [2.45, 2.75) is 19.3 Å². The molecule has 1 aromatic heterocycles. The first-order valence-electron chi connectivity index (χ1n) is 5.96. The molecular weight excluding hydrogens is 212 g/mol. The van der Waals surface area contributed by atoms with Crippen molar-refractivity contribution in [2.24, 2.45) is 5.73 Å². The van der Waals surface area contributed by atoms with Gasteiger partial charge in [0.1, 0.15) is 5.75 Å². The van der Waals surface area contributed by atoms with Crippen LogP contribution in [0.4, 0.5) is 0 Å². The third-order valence-electron chi connectivity index (χ3n) is 2.99. The lowest BCUT2D eigenvalue weighted by molar-refractivity contribution is 0.419. The number of hydrogen-bond acceptors (Lipinski definition) is 3. The SMILES string of the molecule is COc1ccc(CCCCN)c2ccncc12. The van der Waals surface area contributed by atoms with Gasteiger partial charge in [-0.15, -0.1) is 0 Å². The molecule has 0 radical (unpaired) electrons. The second-order valence-corrected chi connectivity index (χ2v) is 4.09. The number of pyridine rings is 1. The van der Waals surface area contributed by atoms with Crippen LogP contribution in [-0.2, 0) is 6.42 Å². The lowest BCUT2D eigenvalue weighted by atomic mass is 10.0. The van der Waals surface area contributed by atoms with Crippen LogP contribution in [0.15, 0.2) is 30.6 Å². The largest absolute Gasteiger partial charge is 0.496 e. The summed E-state index contributed by atoms with van der Waals surface area (Å²) in [4.78, 5) is 4.16. The van der Waals surface area contributed by atoms with Gasteiger partial charge in [0.2, 0.25) is 0 Å². The Kier molecular flexibility index (Phi) is 3.94. The third kappa shape index (κ3) is 2.56. The summed E-state index contributed by atoms with van der Waals surface area (Å²) < 4.78 is 5.35. The topological polar surface area (TPSA) is 48.1 Å². The average Bonchev–Trinajstić information content (AvgIpc) is 2.39. The van der Waals surface area contributed by atoms with Gasteiger partial charge >= 0.3 is 0 Å². The molecule has 0 amide bonds. The summed E-state index contributed by atoms with van der Waals surface area (Å²) in [6.45, 7) is 0.760. The molecule has 0 bridgehead atoms. The average molecular weight is 230 g/mol. The molecule has 0 saturated heterocycles. The molecule has 2 aromatic rings. The Balaban J connectivity index is 2.37. The maximum atomic E-state index is 5.52. The molecule has 0 unspecified atom stereocenters. The predicted molar refractivity (Wildman–Crippen MR) is 70.3 cm³/mol. The van der Waals surface area contributed by atoms with Gasteiger partial charge in [-0.05, 0) is 48.9 Å². The van der Waals surface area contributed by atoms with Gasteiger partial charge in [-0.3, -0.25) is 4.98 Å². The number of unbranched alkanes of at least 4 members (excludes halogenated alkanes) is 1. The number of benzene rings is 1. The van der Waals surface area contributed by atoms with Crippen molar-refractivity contribution in [3.63, 3.8) is 0 Å². The summed E-state index contributed by atoms with van der Waals surface area (Å²) in [7, 11) is 1.69. The Hall–Kier alpha value is -1.61. The molecule has 0 aliphatic heterocycles. The molecule has 2 rings (SSSR count). The molecule has 0 saturated carbocycles. The predicted octanol–water partition coefficient (Wildman–Crippen LogP) is 2.52. The van der Waals surface area contributed by atoms with Crippen LogP contribution in [0.2, 0.25) is 0 Å². The molecule has 0 fully saturated rings. The van der Waals surface area contributed by atoms with E-state index >= 15 is 0 Å². The number of hydrogen-bond donors (Lipinski definition) is 1. The van der Waals surface area contributed by atoms with E-state index in [4.69, 9.17) is 10.5 Å². The van der Waals surface area contributed by atoms with E-state index in [-0.39, 0.29) is 0 Å². The fourth-order valence-electron chi connectivity index (χ4n) is 2.08. The second kappa shape index (κ2) is 5.64. The van der Waals surface area contributed by atoms with Crippen molar-refractivity contribution in [3.05, 3.63) is 36.2 Å². The number of fused-ring (bicyclic) bond motifs is 1. The van der Waals surface area contributed by atoms with Crippen molar-refractivity contribution >= 4 is 10.8 Å². The quantitative estimate of drug-likeness (QED) is 0.803. The van der Waals surface area contributed by atoms with Crippen molar-refractivity contribution < 1.29 is 4.74 Å². The summed E-state index contributed by atoms with van der Waals surface area (Å²) in [5.74, 6) is 0.885. The van der Waals surface area contributed by atoms with E-state index in [1.165, 1.54) is 10.9 Å². The van der Waals surface area contributed by atoms with Crippen molar-refractivity contribution in [1.29, 1.82) is 0 Å². The minimum atomic E-state index is 0.760. The van der Waals surface area contributed by atoms with Crippen LogP contribution in [0.25, 0.3) is 10.8 Å². The lowest BCUT2D eigenvalue weighted by Gasteiger charge is -2.09. The second-order valence-electron chi connectivity index (χ2n) is 4.09. The van der Waals surface area contributed by atoms with Gasteiger partial charge in [0.15, 0.2) is 0 Å². The van der Waals surface area contributed by atoms with E-state index < -0.39 is 0 Å². The first kappa shape index (κ1) is 11.9. The van der Waals surface area contributed by atoms with Crippen LogP contribution < -0.4 is 10.5 Å².